The predicted molar refractivity (Wildman–Crippen MR) is 167 cm³/mol. The van der Waals surface area contributed by atoms with Gasteiger partial charge in [0.2, 0.25) is 0 Å². The zero-order chi connectivity index (χ0) is 30.0. The van der Waals surface area contributed by atoms with Crippen LogP contribution < -0.4 is 20.9 Å². The Morgan fingerprint density at radius 1 is 1.05 bits per heavy atom. The molecule has 1 aliphatic heterocycles. The number of piperidine rings is 1. The van der Waals surface area contributed by atoms with E-state index in [1.807, 2.05) is 43.3 Å². The number of anilines is 3. The number of carboxylic acids is 1. The van der Waals surface area contributed by atoms with Crippen molar-refractivity contribution in [2.24, 2.45) is 0 Å². The van der Waals surface area contributed by atoms with E-state index in [1.165, 1.54) is 11.9 Å². The Morgan fingerprint density at radius 3 is 2.60 bits per heavy atom. The Kier molecular flexibility index (Phi) is 10.0. The predicted octanol–water partition coefficient (Wildman–Crippen LogP) is 5.03. The van der Waals surface area contributed by atoms with Crippen LogP contribution in [-0.4, -0.2) is 57.8 Å². The fraction of sp³-hybridized carbons (Fsp3) is 0.323. The lowest BCUT2D eigenvalue weighted by molar-refractivity contribution is -0.139. The smallest absolute Gasteiger partial charge is 0.408 e. The van der Waals surface area contributed by atoms with Gasteiger partial charge in [0.1, 0.15) is 36.4 Å². The molecule has 0 saturated carbocycles. The summed E-state index contributed by atoms with van der Waals surface area (Å²) in [6, 6.07) is 16.2. The van der Waals surface area contributed by atoms with Crippen LogP contribution in [0, 0.1) is 6.92 Å². The fourth-order valence-electron chi connectivity index (χ4n) is 4.99. The Bertz CT molecular complexity index is 1500. The Labute approximate surface area is 254 Å². The molecule has 1 atom stereocenters. The van der Waals surface area contributed by atoms with Crippen molar-refractivity contribution in [3.05, 3.63) is 94.1 Å². The third kappa shape index (κ3) is 8.19. The summed E-state index contributed by atoms with van der Waals surface area (Å²) in [7, 11) is 0. The molecule has 1 unspecified atom stereocenters. The van der Waals surface area contributed by atoms with E-state index in [9.17, 15) is 14.7 Å². The molecule has 1 aromatic carbocycles. The SMILES string of the molecule is Cc1c(NCC(NC(=O)OCc2ccccc2)C(=O)O)ncnc1N1CCC(c2cccc(NCc3ccsc3)n2)CC1. The van der Waals surface area contributed by atoms with Gasteiger partial charge in [0.25, 0.3) is 0 Å². The standard InChI is InChI=1S/C31H35N7O4S/c1-21-28(33-17-26(30(39)40)37-31(41)42-18-22-6-3-2-4-7-22)34-20-35-29(21)38-13-10-24(11-14-38)25-8-5-9-27(36-25)32-16-23-12-15-43-19-23/h2-9,12,15,19-20,24,26H,10-11,13-14,16-18H2,1H3,(H,32,36)(H,37,41)(H,39,40)(H,33,34,35). The van der Waals surface area contributed by atoms with Gasteiger partial charge in [-0.1, -0.05) is 36.4 Å². The van der Waals surface area contributed by atoms with Crippen molar-refractivity contribution < 1.29 is 19.4 Å². The summed E-state index contributed by atoms with van der Waals surface area (Å²) in [5.74, 6) is 1.37. The molecule has 1 amide bonds. The van der Waals surface area contributed by atoms with Crippen LogP contribution >= 0.6 is 11.3 Å². The molecule has 11 nitrogen and oxygen atoms in total. The summed E-state index contributed by atoms with van der Waals surface area (Å²) in [6.45, 7) is 4.25. The van der Waals surface area contributed by atoms with Crippen LogP contribution in [0.1, 0.15) is 41.1 Å². The Hall–Kier alpha value is -4.71. The number of alkyl carbamates (subject to hydrolysis) is 1. The number of aliphatic carboxylic acids is 1. The van der Waals surface area contributed by atoms with Crippen molar-refractivity contribution in [2.45, 2.75) is 44.9 Å². The molecule has 1 aliphatic rings. The van der Waals surface area contributed by atoms with E-state index in [2.05, 4.69) is 59.8 Å². The van der Waals surface area contributed by atoms with Gasteiger partial charge in [-0.15, -0.1) is 0 Å². The van der Waals surface area contributed by atoms with Crippen LogP contribution in [0.3, 0.4) is 0 Å². The normalized spacial score (nSPS) is 14.1. The number of hydrogen-bond acceptors (Lipinski definition) is 10. The third-order valence-corrected chi connectivity index (χ3v) is 8.10. The molecule has 3 aromatic heterocycles. The number of nitrogens with zero attached hydrogens (tertiary/aromatic N) is 4. The van der Waals surface area contributed by atoms with E-state index in [-0.39, 0.29) is 13.2 Å². The van der Waals surface area contributed by atoms with Crippen molar-refractivity contribution in [1.82, 2.24) is 20.3 Å². The van der Waals surface area contributed by atoms with E-state index in [0.29, 0.717) is 11.7 Å². The number of aromatic nitrogens is 3. The van der Waals surface area contributed by atoms with E-state index >= 15 is 0 Å². The highest BCUT2D eigenvalue weighted by atomic mass is 32.1. The lowest BCUT2D eigenvalue weighted by atomic mass is 9.93. The fourth-order valence-corrected chi connectivity index (χ4v) is 5.66. The highest BCUT2D eigenvalue weighted by Crippen LogP contribution is 2.31. The number of ether oxygens (including phenoxy) is 1. The summed E-state index contributed by atoms with van der Waals surface area (Å²) in [5, 5.41) is 22.8. The summed E-state index contributed by atoms with van der Waals surface area (Å²) in [6.07, 6.45) is 2.53. The molecule has 1 fully saturated rings. The molecule has 0 bridgehead atoms. The maximum Gasteiger partial charge on any atom is 0.408 e. The van der Waals surface area contributed by atoms with Gasteiger partial charge in [-0.05, 0) is 59.9 Å². The maximum absolute atomic E-state index is 12.2. The minimum Gasteiger partial charge on any atom is -0.480 e. The molecule has 4 N–H and O–H groups in total. The van der Waals surface area contributed by atoms with E-state index < -0.39 is 18.1 Å². The second-order valence-corrected chi connectivity index (χ2v) is 11.1. The van der Waals surface area contributed by atoms with Gasteiger partial charge in [-0.25, -0.2) is 24.5 Å². The summed E-state index contributed by atoms with van der Waals surface area (Å²) < 4.78 is 5.18. The van der Waals surface area contributed by atoms with Crippen molar-refractivity contribution in [1.29, 1.82) is 0 Å². The number of hydrogen-bond donors (Lipinski definition) is 4. The quantitative estimate of drug-likeness (QED) is 0.175. The Morgan fingerprint density at radius 2 is 1.86 bits per heavy atom. The van der Waals surface area contributed by atoms with Gasteiger partial charge in [-0.2, -0.15) is 11.3 Å². The van der Waals surface area contributed by atoms with Gasteiger partial charge >= 0.3 is 12.1 Å². The molecule has 12 heteroatoms. The summed E-state index contributed by atoms with van der Waals surface area (Å²) in [4.78, 5) is 40.0. The van der Waals surface area contributed by atoms with Gasteiger partial charge in [0, 0.05) is 43.4 Å². The number of rotatable bonds is 12. The van der Waals surface area contributed by atoms with Crippen LogP contribution in [-0.2, 0) is 22.7 Å². The van der Waals surface area contributed by atoms with Crippen molar-refractivity contribution in [2.75, 3.05) is 35.2 Å². The number of benzene rings is 1. The largest absolute Gasteiger partial charge is 0.480 e. The van der Waals surface area contributed by atoms with Crippen molar-refractivity contribution >= 4 is 40.9 Å². The topological polar surface area (TPSA) is 142 Å². The minimum atomic E-state index is -1.21. The molecule has 224 valence electrons. The molecular weight excluding hydrogens is 566 g/mol. The average Bonchev–Trinajstić information content (AvgIpc) is 3.56. The summed E-state index contributed by atoms with van der Waals surface area (Å²) in [5.41, 5.74) is 3.96. The van der Waals surface area contributed by atoms with Gasteiger partial charge in [-0.3, -0.25) is 0 Å². The second kappa shape index (κ2) is 14.5. The number of nitrogens with one attached hydrogen (secondary N) is 3. The first kappa shape index (κ1) is 29.8. The third-order valence-electron chi connectivity index (χ3n) is 7.37. The zero-order valence-electron chi connectivity index (χ0n) is 23.9. The number of pyridine rings is 1. The number of thiophene rings is 1. The van der Waals surface area contributed by atoms with Crippen LogP contribution in [0.2, 0.25) is 0 Å². The highest BCUT2D eigenvalue weighted by Gasteiger charge is 2.25. The average molecular weight is 602 g/mol. The van der Waals surface area contributed by atoms with Crippen LogP contribution in [0.25, 0.3) is 0 Å². The van der Waals surface area contributed by atoms with E-state index in [4.69, 9.17) is 9.72 Å². The number of carbonyl (C=O) groups excluding carboxylic acids is 1. The molecule has 0 aliphatic carbocycles. The number of amides is 1. The molecule has 43 heavy (non-hydrogen) atoms. The maximum atomic E-state index is 12.2. The monoisotopic (exact) mass is 601 g/mol. The van der Waals surface area contributed by atoms with Gasteiger partial charge < -0.3 is 30.7 Å². The lowest BCUT2D eigenvalue weighted by Gasteiger charge is -2.33. The first-order valence-corrected chi connectivity index (χ1v) is 15.1. The molecule has 1 saturated heterocycles. The van der Waals surface area contributed by atoms with Crippen molar-refractivity contribution in [3.63, 3.8) is 0 Å². The van der Waals surface area contributed by atoms with E-state index in [0.717, 1.165) is 60.9 Å². The lowest BCUT2D eigenvalue weighted by Crippen LogP contribution is -2.45. The highest BCUT2D eigenvalue weighted by molar-refractivity contribution is 7.07. The van der Waals surface area contributed by atoms with Crippen LogP contribution in [0.4, 0.5) is 22.2 Å². The van der Waals surface area contributed by atoms with Gasteiger partial charge in [0.05, 0.1) is 0 Å². The molecule has 4 heterocycles. The molecule has 4 aromatic rings. The first-order valence-electron chi connectivity index (χ1n) is 14.2. The minimum absolute atomic E-state index is 0.0471. The van der Waals surface area contributed by atoms with Gasteiger partial charge in [0.15, 0.2) is 0 Å². The molecule has 0 radical (unpaired) electrons. The number of carboxylic acid groups (broad SMARTS) is 1. The Balaban J connectivity index is 1.13. The van der Waals surface area contributed by atoms with Crippen LogP contribution in [0.5, 0.6) is 0 Å². The van der Waals surface area contributed by atoms with E-state index in [1.54, 1.807) is 11.3 Å². The molecular formula is C31H35N7O4S. The van der Waals surface area contributed by atoms with Crippen LogP contribution in [0.15, 0.2) is 71.7 Å². The molecule has 5 rings (SSSR count). The second-order valence-electron chi connectivity index (χ2n) is 10.3. The zero-order valence-corrected chi connectivity index (χ0v) is 24.7. The first-order chi connectivity index (χ1) is 21.0. The van der Waals surface area contributed by atoms with Crippen molar-refractivity contribution in [3.8, 4) is 0 Å². The molecule has 0 spiro atoms. The summed E-state index contributed by atoms with van der Waals surface area (Å²) >= 11 is 1.69. The number of carbonyl (C=O) groups is 2.